The predicted octanol–water partition coefficient (Wildman–Crippen LogP) is 1.88. The van der Waals surface area contributed by atoms with E-state index in [4.69, 9.17) is 11.5 Å². The van der Waals surface area contributed by atoms with Crippen LogP contribution in [0.2, 0.25) is 6.32 Å². The van der Waals surface area contributed by atoms with Crippen molar-refractivity contribution >= 4 is 17.6 Å². The van der Waals surface area contributed by atoms with Crippen LogP contribution in [0.1, 0.15) is 0 Å². The predicted molar refractivity (Wildman–Crippen MR) is 34.7 cm³/mol. The summed E-state index contributed by atoms with van der Waals surface area (Å²) in [7, 11) is 0. The number of rotatable bonds is 0. The van der Waals surface area contributed by atoms with E-state index in [2.05, 4.69) is 6.08 Å². The Balaban J connectivity index is 2.49. The standard InChI is InChI=1S/C5H6BCl/c7-6-4-2-1-3-5-6/h1-4H,5H2. The molecule has 0 spiro atoms. The molecule has 1 heterocycles. The lowest BCUT2D eigenvalue weighted by Gasteiger charge is -1.95. The van der Waals surface area contributed by atoms with E-state index in [9.17, 15) is 0 Å². The van der Waals surface area contributed by atoms with Crippen molar-refractivity contribution in [2.24, 2.45) is 0 Å². The molecule has 0 atom stereocenters. The van der Waals surface area contributed by atoms with Crippen molar-refractivity contribution in [3.63, 3.8) is 0 Å². The molecule has 0 nitrogen and oxygen atoms in total. The van der Waals surface area contributed by atoms with Gasteiger partial charge in [-0.25, -0.2) is 0 Å². The number of hydrogen-bond donors (Lipinski definition) is 0. The van der Waals surface area contributed by atoms with Gasteiger partial charge in [-0.1, -0.05) is 24.2 Å². The van der Waals surface area contributed by atoms with Crippen LogP contribution in [0, 0.1) is 0 Å². The van der Waals surface area contributed by atoms with Gasteiger partial charge >= 0.3 is 0 Å². The molecule has 0 radical (unpaired) electrons. The van der Waals surface area contributed by atoms with Gasteiger partial charge in [-0.3, -0.25) is 0 Å². The van der Waals surface area contributed by atoms with E-state index in [-0.39, 0.29) is 6.13 Å². The summed E-state index contributed by atoms with van der Waals surface area (Å²) >= 11 is 5.68. The Kier molecular flexibility index (Phi) is 1.58. The lowest BCUT2D eigenvalue weighted by molar-refractivity contribution is 1.64. The normalized spacial score (nSPS) is 18.1. The zero-order valence-corrected chi connectivity index (χ0v) is 4.73. The topological polar surface area (TPSA) is 0 Å². The molecule has 0 unspecified atom stereocenters. The Morgan fingerprint density at radius 1 is 1.43 bits per heavy atom. The van der Waals surface area contributed by atoms with E-state index in [0.717, 1.165) is 6.32 Å². The van der Waals surface area contributed by atoms with E-state index in [1.165, 1.54) is 0 Å². The molecule has 0 N–H and O–H groups in total. The summed E-state index contributed by atoms with van der Waals surface area (Å²) in [5.41, 5.74) is 0. The van der Waals surface area contributed by atoms with E-state index < -0.39 is 0 Å². The fraction of sp³-hybridized carbons (Fsp3) is 0.200. The lowest BCUT2D eigenvalue weighted by Crippen LogP contribution is -1.97. The molecular formula is C5H6BCl. The van der Waals surface area contributed by atoms with Crippen molar-refractivity contribution in [3.05, 3.63) is 24.2 Å². The molecule has 1 aliphatic rings. The van der Waals surface area contributed by atoms with Gasteiger partial charge in [0.15, 0.2) is 0 Å². The van der Waals surface area contributed by atoms with E-state index >= 15 is 0 Å². The van der Waals surface area contributed by atoms with Crippen molar-refractivity contribution < 1.29 is 0 Å². The van der Waals surface area contributed by atoms with Crippen LogP contribution in [-0.4, -0.2) is 6.13 Å². The second kappa shape index (κ2) is 2.22. The van der Waals surface area contributed by atoms with Crippen molar-refractivity contribution in [1.29, 1.82) is 0 Å². The van der Waals surface area contributed by atoms with E-state index in [0.29, 0.717) is 0 Å². The molecule has 1 rings (SSSR count). The highest BCUT2D eigenvalue weighted by atomic mass is 35.5. The third-order valence-electron chi connectivity index (χ3n) is 0.928. The smallest absolute Gasteiger partial charge is 0.189 e. The summed E-state index contributed by atoms with van der Waals surface area (Å²) in [6, 6.07) is 0. The third-order valence-corrected chi connectivity index (χ3v) is 1.25. The van der Waals surface area contributed by atoms with Crippen LogP contribution in [-0.2, 0) is 0 Å². The Labute approximate surface area is 48.9 Å². The van der Waals surface area contributed by atoms with Crippen molar-refractivity contribution in [2.75, 3.05) is 0 Å². The second-order valence-corrected chi connectivity index (χ2v) is 2.13. The fourth-order valence-electron chi connectivity index (χ4n) is 0.550. The van der Waals surface area contributed by atoms with Crippen LogP contribution in [0.15, 0.2) is 24.2 Å². The monoisotopic (exact) mass is 112 g/mol. The first kappa shape index (κ1) is 4.98. The van der Waals surface area contributed by atoms with Gasteiger partial charge in [0, 0.05) is 0 Å². The van der Waals surface area contributed by atoms with Crippen LogP contribution in [0.5, 0.6) is 0 Å². The lowest BCUT2D eigenvalue weighted by atomic mass is 9.70. The van der Waals surface area contributed by atoms with Gasteiger partial charge in [0.2, 0.25) is 0 Å². The van der Waals surface area contributed by atoms with E-state index in [1.54, 1.807) is 0 Å². The van der Waals surface area contributed by atoms with Crippen molar-refractivity contribution in [2.45, 2.75) is 6.32 Å². The van der Waals surface area contributed by atoms with Gasteiger partial charge in [-0.2, -0.15) is 11.5 Å². The number of halogens is 1. The minimum absolute atomic E-state index is 0.241. The molecule has 0 saturated heterocycles. The average Bonchev–Trinajstić information content (AvgIpc) is 1.69. The largest absolute Gasteiger partial charge is 0.279 e. The molecule has 0 amide bonds. The summed E-state index contributed by atoms with van der Waals surface area (Å²) in [5, 5.41) is 0. The molecule has 0 saturated carbocycles. The van der Waals surface area contributed by atoms with Gasteiger partial charge in [0.05, 0.1) is 0 Å². The van der Waals surface area contributed by atoms with Crippen LogP contribution in [0.25, 0.3) is 0 Å². The maximum absolute atomic E-state index is 5.68. The summed E-state index contributed by atoms with van der Waals surface area (Å²) < 4.78 is 0. The molecule has 0 fully saturated rings. The summed E-state index contributed by atoms with van der Waals surface area (Å²) in [6.07, 6.45) is 7.28. The molecule has 36 valence electrons. The summed E-state index contributed by atoms with van der Waals surface area (Å²) in [5.74, 6) is 1.99. The first-order valence-electron chi connectivity index (χ1n) is 2.37. The van der Waals surface area contributed by atoms with Crippen molar-refractivity contribution in [1.82, 2.24) is 0 Å². The third kappa shape index (κ3) is 1.40. The highest BCUT2D eigenvalue weighted by molar-refractivity contribution is 7.10. The summed E-state index contributed by atoms with van der Waals surface area (Å²) in [4.78, 5) is 0. The Hall–Kier alpha value is -0.165. The fourth-order valence-corrected chi connectivity index (χ4v) is 0.737. The zero-order chi connectivity index (χ0) is 5.11. The molecule has 7 heavy (non-hydrogen) atoms. The minimum Gasteiger partial charge on any atom is -0.189 e. The first-order valence-corrected chi connectivity index (χ1v) is 2.80. The maximum Gasteiger partial charge on any atom is 0.279 e. The molecule has 0 aromatic heterocycles. The van der Waals surface area contributed by atoms with Gasteiger partial charge < -0.3 is 0 Å². The van der Waals surface area contributed by atoms with Crippen molar-refractivity contribution in [3.8, 4) is 0 Å². The van der Waals surface area contributed by atoms with Crippen LogP contribution in [0.4, 0.5) is 0 Å². The highest BCUT2D eigenvalue weighted by Crippen LogP contribution is 2.05. The average molecular weight is 112 g/mol. The molecule has 0 aliphatic carbocycles. The molecule has 0 aromatic carbocycles. The van der Waals surface area contributed by atoms with E-state index in [1.807, 2.05) is 18.1 Å². The number of allylic oxidation sites excluding steroid dienone is 3. The molecular weight excluding hydrogens is 106 g/mol. The zero-order valence-electron chi connectivity index (χ0n) is 3.97. The Morgan fingerprint density at radius 3 is 2.57 bits per heavy atom. The molecule has 2 heteroatoms. The van der Waals surface area contributed by atoms with Gasteiger partial charge in [0.25, 0.3) is 6.13 Å². The quantitative estimate of drug-likeness (QED) is 0.420. The van der Waals surface area contributed by atoms with Gasteiger partial charge in [-0.05, 0) is 6.32 Å². The summed E-state index contributed by atoms with van der Waals surface area (Å²) in [6.45, 7) is 0. The Morgan fingerprint density at radius 2 is 2.29 bits per heavy atom. The Bertz CT molecular complexity index is 107. The maximum atomic E-state index is 5.68. The molecule has 1 aliphatic heterocycles. The SMILES string of the molecule is ClB1C=CC=CC1. The second-order valence-electron chi connectivity index (χ2n) is 1.56. The highest BCUT2D eigenvalue weighted by Gasteiger charge is 2.02. The molecule has 0 bridgehead atoms. The number of hydrogen-bond acceptors (Lipinski definition) is 0. The van der Waals surface area contributed by atoms with Crippen LogP contribution < -0.4 is 0 Å². The first-order chi connectivity index (χ1) is 3.39. The van der Waals surface area contributed by atoms with Gasteiger partial charge in [0.1, 0.15) is 0 Å². The molecule has 0 aromatic rings. The van der Waals surface area contributed by atoms with Crippen LogP contribution in [0.3, 0.4) is 0 Å². The van der Waals surface area contributed by atoms with Gasteiger partial charge in [-0.15, -0.1) is 0 Å². The minimum atomic E-state index is 0.241. The van der Waals surface area contributed by atoms with Crippen LogP contribution >= 0.6 is 11.5 Å².